The molecular formula is C21H21N3O5. The fourth-order valence-electron chi connectivity index (χ4n) is 2.87. The molecule has 0 bridgehead atoms. The fourth-order valence-corrected chi connectivity index (χ4v) is 2.87. The average molecular weight is 395 g/mol. The molecule has 0 heterocycles. The number of carbonyl (C=O) groups is 4. The van der Waals surface area contributed by atoms with Crippen LogP contribution in [-0.2, 0) is 19.1 Å². The maximum absolute atomic E-state index is 12.7. The van der Waals surface area contributed by atoms with E-state index in [1.165, 1.54) is 20.1 Å². The first-order valence-corrected chi connectivity index (χ1v) is 9.03. The molecule has 1 aliphatic rings. The monoisotopic (exact) mass is 395 g/mol. The van der Waals surface area contributed by atoms with Crippen LogP contribution < -0.4 is 16.0 Å². The van der Waals surface area contributed by atoms with Crippen molar-refractivity contribution in [3.05, 3.63) is 54.1 Å². The van der Waals surface area contributed by atoms with Gasteiger partial charge in [0.15, 0.2) is 0 Å². The molecule has 29 heavy (non-hydrogen) atoms. The summed E-state index contributed by atoms with van der Waals surface area (Å²) in [7, 11) is 1.28. The lowest BCUT2D eigenvalue weighted by atomic mass is 10.0. The van der Waals surface area contributed by atoms with Gasteiger partial charge in [-0.15, -0.1) is 0 Å². The van der Waals surface area contributed by atoms with Gasteiger partial charge in [-0.2, -0.15) is 0 Å². The Kier molecular flexibility index (Phi) is 5.63. The van der Waals surface area contributed by atoms with E-state index in [1.54, 1.807) is 42.5 Å². The number of nitrogens with one attached hydrogen (secondary N) is 3. The molecule has 3 amide bonds. The summed E-state index contributed by atoms with van der Waals surface area (Å²) in [6.07, 6.45) is 0.872. The van der Waals surface area contributed by atoms with Crippen molar-refractivity contribution < 1.29 is 23.9 Å². The third kappa shape index (κ3) is 4.60. The van der Waals surface area contributed by atoms with E-state index in [0.29, 0.717) is 35.5 Å². The number of methoxy groups -OCH3 is 1. The SMILES string of the molecule is COC(=O)c1cccc(NC(=O)C2(C(=O)Nc3ccc(NC(C)=O)cc3)CC2)c1. The van der Waals surface area contributed by atoms with Crippen LogP contribution >= 0.6 is 0 Å². The molecule has 0 atom stereocenters. The number of hydrogen-bond donors (Lipinski definition) is 3. The molecule has 150 valence electrons. The molecule has 0 unspecified atom stereocenters. The van der Waals surface area contributed by atoms with E-state index in [4.69, 9.17) is 0 Å². The Labute approximate surface area is 167 Å². The second-order valence-corrected chi connectivity index (χ2v) is 6.82. The van der Waals surface area contributed by atoms with E-state index in [1.807, 2.05) is 0 Å². The predicted molar refractivity (Wildman–Crippen MR) is 107 cm³/mol. The number of ether oxygens (including phenoxy) is 1. The van der Waals surface area contributed by atoms with E-state index < -0.39 is 23.2 Å². The molecule has 0 aliphatic heterocycles. The van der Waals surface area contributed by atoms with E-state index in [0.717, 1.165) is 0 Å². The molecule has 2 aromatic carbocycles. The lowest BCUT2D eigenvalue weighted by Gasteiger charge is -2.16. The van der Waals surface area contributed by atoms with Gasteiger partial charge in [-0.25, -0.2) is 4.79 Å². The number of anilines is 3. The Hall–Kier alpha value is -3.68. The summed E-state index contributed by atoms with van der Waals surface area (Å²) in [5.74, 6) is -1.52. The Morgan fingerprint density at radius 2 is 1.38 bits per heavy atom. The predicted octanol–water partition coefficient (Wildman–Crippen LogP) is 2.79. The Balaban J connectivity index is 1.66. The van der Waals surface area contributed by atoms with Crippen molar-refractivity contribution in [2.24, 2.45) is 5.41 Å². The van der Waals surface area contributed by atoms with E-state index in [9.17, 15) is 19.2 Å². The Morgan fingerprint density at radius 3 is 1.90 bits per heavy atom. The molecule has 8 nitrogen and oxygen atoms in total. The maximum atomic E-state index is 12.7. The largest absolute Gasteiger partial charge is 0.465 e. The standard InChI is InChI=1S/C21H21N3O5/c1-13(25)22-15-6-8-16(9-7-15)23-19(27)21(10-11-21)20(28)24-17-5-3-4-14(12-17)18(26)29-2/h3-9,12H,10-11H2,1-2H3,(H,22,25)(H,23,27)(H,24,28). The van der Waals surface area contributed by atoms with Crippen molar-refractivity contribution in [1.29, 1.82) is 0 Å². The zero-order valence-electron chi connectivity index (χ0n) is 16.1. The fraction of sp³-hybridized carbons (Fsp3) is 0.238. The van der Waals surface area contributed by atoms with Crippen LogP contribution in [0.25, 0.3) is 0 Å². The Morgan fingerprint density at radius 1 is 0.828 bits per heavy atom. The van der Waals surface area contributed by atoms with Gasteiger partial charge in [0, 0.05) is 24.0 Å². The van der Waals surface area contributed by atoms with Crippen LogP contribution in [0.3, 0.4) is 0 Å². The maximum Gasteiger partial charge on any atom is 0.337 e. The summed E-state index contributed by atoms with van der Waals surface area (Å²) >= 11 is 0. The van der Waals surface area contributed by atoms with Crippen molar-refractivity contribution in [2.75, 3.05) is 23.1 Å². The quantitative estimate of drug-likeness (QED) is 0.514. The van der Waals surface area contributed by atoms with Crippen molar-refractivity contribution in [3.63, 3.8) is 0 Å². The normalized spacial score (nSPS) is 13.7. The summed E-state index contributed by atoms with van der Waals surface area (Å²) in [6, 6.07) is 13.0. The summed E-state index contributed by atoms with van der Waals surface area (Å²) in [5.41, 5.74) is 0.712. The van der Waals surface area contributed by atoms with E-state index in [-0.39, 0.29) is 5.91 Å². The number of benzene rings is 2. The minimum atomic E-state index is -1.14. The third-order valence-electron chi connectivity index (χ3n) is 4.62. The number of rotatable bonds is 6. The Bertz CT molecular complexity index is 965. The average Bonchev–Trinajstić information content (AvgIpc) is 3.51. The van der Waals surface area contributed by atoms with Gasteiger partial charge in [0.2, 0.25) is 17.7 Å². The second kappa shape index (κ2) is 8.14. The molecule has 3 N–H and O–H groups in total. The van der Waals surface area contributed by atoms with Gasteiger partial charge in [0.1, 0.15) is 5.41 Å². The number of carbonyl (C=O) groups excluding carboxylic acids is 4. The first-order chi connectivity index (χ1) is 13.8. The molecule has 2 aromatic rings. The summed E-state index contributed by atoms with van der Waals surface area (Å²) in [5, 5.41) is 8.09. The van der Waals surface area contributed by atoms with Crippen molar-refractivity contribution in [1.82, 2.24) is 0 Å². The van der Waals surface area contributed by atoms with Crippen LogP contribution in [-0.4, -0.2) is 30.8 Å². The van der Waals surface area contributed by atoms with Gasteiger partial charge in [0.05, 0.1) is 12.7 Å². The molecule has 8 heteroatoms. The van der Waals surface area contributed by atoms with Crippen LogP contribution in [0.2, 0.25) is 0 Å². The van der Waals surface area contributed by atoms with Gasteiger partial charge in [-0.3, -0.25) is 14.4 Å². The lowest BCUT2D eigenvalue weighted by Crippen LogP contribution is -2.35. The highest BCUT2D eigenvalue weighted by Crippen LogP contribution is 2.47. The smallest absolute Gasteiger partial charge is 0.337 e. The van der Waals surface area contributed by atoms with Gasteiger partial charge in [0.25, 0.3) is 0 Å². The minimum absolute atomic E-state index is 0.188. The van der Waals surface area contributed by atoms with Crippen LogP contribution in [0, 0.1) is 5.41 Å². The highest BCUT2D eigenvalue weighted by Gasteiger charge is 2.56. The molecular weight excluding hydrogens is 374 g/mol. The molecule has 0 saturated heterocycles. The van der Waals surface area contributed by atoms with Gasteiger partial charge in [-0.05, 0) is 55.3 Å². The van der Waals surface area contributed by atoms with Gasteiger partial charge >= 0.3 is 5.97 Å². The molecule has 1 aliphatic carbocycles. The highest BCUT2D eigenvalue weighted by atomic mass is 16.5. The molecule has 1 saturated carbocycles. The summed E-state index contributed by atoms with van der Waals surface area (Å²) in [4.78, 5) is 48.1. The molecule has 1 fully saturated rings. The molecule has 0 radical (unpaired) electrons. The van der Waals surface area contributed by atoms with Crippen LogP contribution in [0.5, 0.6) is 0 Å². The second-order valence-electron chi connectivity index (χ2n) is 6.82. The first-order valence-electron chi connectivity index (χ1n) is 9.03. The van der Waals surface area contributed by atoms with Crippen molar-refractivity contribution in [2.45, 2.75) is 19.8 Å². The third-order valence-corrected chi connectivity index (χ3v) is 4.62. The van der Waals surface area contributed by atoms with Crippen molar-refractivity contribution in [3.8, 4) is 0 Å². The number of esters is 1. The van der Waals surface area contributed by atoms with Crippen molar-refractivity contribution >= 4 is 40.8 Å². The van der Waals surface area contributed by atoms with E-state index >= 15 is 0 Å². The number of hydrogen-bond acceptors (Lipinski definition) is 5. The lowest BCUT2D eigenvalue weighted by molar-refractivity contribution is -0.131. The van der Waals surface area contributed by atoms with E-state index in [2.05, 4.69) is 20.7 Å². The summed E-state index contributed by atoms with van der Waals surface area (Å²) < 4.78 is 4.67. The minimum Gasteiger partial charge on any atom is -0.465 e. The zero-order chi connectivity index (χ0) is 21.0. The van der Waals surface area contributed by atoms with Gasteiger partial charge < -0.3 is 20.7 Å². The van der Waals surface area contributed by atoms with Crippen LogP contribution in [0.1, 0.15) is 30.1 Å². The van der Waals surface area contributed by atoms with Crippen LogP contribution in [0.4, 0.5) is 17.1 Å². The molecule has 0 aromatic heterocycles. The topological polar surface area (TPSA) is 114 Å². The molecule has 3 rings (SSSR count). The summed E-state index contributed by atoms with van der Waals surface area (Å²) in [6.45, 7) is 1.41. The zero-order valence-corrected chi connectivity index (χ0v) is 16.1. The highest BCUT2D eigenvalue weighted by molar-refractivity contribution is 6.17. The number of amides is 3. The first kappa shape index (κ1) is 20.1. The van der Waals surface area contributed by atoms with Gasteiger partial charge in [-0.1, -0.05) is 6.07 Å². The van der Waals surface area contributed by atoms with Crippen LogP contribution in [0.15, 0.2) is 48.5 Å². The molecule has 0 spiro atoms.